The Labute approximate surface area is 85.9 Å². The second kappa shape index (κ2) is 3.73. The summed E-state index contributed by atoms with van der Waals surface area (Å²) in [6.45, 7) is 7.35. The van der Waals surface area contributed by atoms with Gasteiger partial charge in [-0.3, -0.25) is 0 Å². The quantitative estimate of drug-likeness (QED) is 0.754. The van der Waals surface area contributed by atoms with E-state index in [2.05, 4.69) is 0 Å². The molecule has 0 radical (unpaired) electrons. The predicted octanol–water partition coefficient (Wildman–Crippen LogP) is 2.41. The summed E-state index contributed by atoms with van der Waals surface area (Å²) in [6, 6.07) is 3.82. The zero-order valence-corrected chi connectivity index (χ0v) is 9.90. The number of hydrogen-bond donors (Lipinski definition) is 0. The Morgan fingerprint density at radius 3 is 1.86 bits per heavy atom. The molecular formula is C11H16O2S. The average molecular weight is 212 g/mol. The third kappa shape index (κ3) is 1.98. The number of aryl methyl sites for hydroxylation is 3. The van der Waals surface area contributed by atoms with Crippen LogP contribution in [0.1, 0.15) is 23.6 Å². The first-order chi connectivity index (χ1) is 6.38. The van der Waals surface area contributed by atoms with E-state index in [9.17, 15) is 8.42 Å². The van der Waals surface area contributed by atoms with Crippen LogP contribution in [0.2, 0.25) is 0 Å². The molecule has 14 heavy (non-hydrogen) atoms. The summed E-state index contributed by atoms with van der Waals surface area (Å²) in [5.41, 5.74) is 2.81. The van der Waals surface area contributed by atoms with E-state index in [0.29, 0.717) is 4.90 Å². The molecule has 0 aliphatic rings. The van der Waals surface area contributed by atoms with E-state index in [1.807, 2.05) is 32.9 Å². The first kappa shape index (κ1) is 11.2. The standard InChI is InChI=1S/C11H16O2S/c1-5-14(12,13)11-9(3)6-8(2)7-10(11)4/h6-7H,5H2,1-4H3. The van der Waals surface area contributed by atoms with Crippen molar-refractivity contribution in [3.63, 3.8) is 0 Å². The molecule has 0 fully saturated rings. The lowest BCUT2D eigenvalue weighted by Crippen LogP contribution is -2.08. The molecule has 0 heterocycles. The minimum Gasteiger partial charge on any atom is -0.224 e. The highest BCUT2D eigenvalue weighted by molar-refractivity contribution is 7.91. The summed E-state index contributed by atoms with van der Waals surface area (Å²) in [4.78, 5) is 0.505. The van der Waals surface area contributed by atoms with E-state index in [0.717, 1.165) is 16.7 Å². The fraction of sp³-hybridized carbons (Fsp3) is 0.455. The van der Waals surface area contributed by atoms with E-state index in [1.165, 1.54) is 0 Å². The van der Waals surface area contributed by atoms with E-state index >= 15 is 0 Å². The van der Waals surface area contributed by atoms with Gasteiger partial charge in [-0.05, 0) is 31.9 Å². The minimum atomic E-state index is -3.08. The third-order valence-corrected chi connectivity index (χ3v) is 4.32. The SMILES string of the molecule is CCS(=O)(=O)c1c(C)cc(C)cc1C. The molecule has 0 aromatic heterocycles. The molecule has 3 heteroatoms. The Bertz CT molecular complexity index is 421. The largest absolute Gasteiger partial charge is 0.224 e. The predicted molar refractivity (Wildman–Crippen MR) is 58.4 cm³/mol. The monoisotopic (exact) mass is 212 g/mol. The van der Waals surface area contributed by atoms with Crippen LogP contribution in [0.5, 0.6) is 0 Å². The summed E-state index contributed by atoms with van der Waals surface area (Å²) in [7, 11) is -3.08. The van der Waals surface area contributed by atoms with Gasteiger partial charge in [-0.1, -0.05) is 24.6 Å². The molecule has 1 aromatic carbocycles. The van der Waals surface area contributed by atoms with Gasteiger partial charge in [-0.25, -0.2) is 8.42 Å². The lowest BCUT2D eigenvalue weighted by Gasteiger charge is -2.10. The Kier molecular flexibility index (Phi) is 3.00. The number of hydrogen-bond acceptors (Lipinski definition) is 2. The third-order valence-electron chi connectivity index (χ3n) is 2.30. The van der Waals surface area contributed by atoms with Crippen LogP contribution in [0.15, 0.2) is 17.0 Å². The van der Waals surface area contributed by atoms with Crippen LogP contribution in [0.3, 0.4) is 0 Å². The van der Waals surface area contributed by atoms with Crippen molar-refractivity contribution in [1.82, 2.24) is 0 Å². The number of rotatable bonds is 2. The van der Waals surface area contributed by atoms with Gasteiger partial charge in [0.2, 0.25) is 0 Å². The van der Waals surface area contributed by atoms with Crippen molar-refractivity contribution in [3.05, 3.63) is 28.8 Å². The Morgan fingerprint density at radius 1 is 1.07 bits per heavy atom. The van der Waals surface area contributed by atoms with Crippen molar-refractivity contribution < 1.29 is 8.42 Å². The maximum Gasteiger partial charge on any atom is 0.178 e. The van der Waals surface area contributed by atoms with E-state index in [1.54, 1.807) is 6.92 Å². The van der Waals surface area contributed by atoms with Crippen molar-refractivity contribution in [2.24, 2.45) is 0 Å². The van der Waals surface area contributed by atoms with Crippen LogP contribution in [-0.4, -0.2) is 14.2 Å². The molecule has 1 aromatic rings. The first-order valence-electron chi connectivity index (χ1n) is 4.69. The number of sulfone groups is 1. The van der Waals surface area contributed by atoms with Gasteiger partial charge in [-0.15, -0.1) is 0 Å². The lowest BCUT2D eigenvalue weighted by atomic mass is 10.1. The topological polar surface area (TPSA) is 34.1 Å². The van der Waals surface area contributed by atoms with Crippen molar-refractivity contribution in [3.8, 4) is 0 Å². The molecule has 1 rings (SSSR count). The van der Waals surface area contributed by atoms with Gasteiger partial charge in [0.05, 0.1) is 10.6 Å². The van der Waals surface area contributed by atoms with Gasteiger partial charge in [0, 0.05) is 0 Å². The normalized spacial score (nSPS) is 11.7. The van der Waals surface area contributed by atoms with Crippen LogP contribution in [0.4, 0.5) is 0 Å². The molecule has 0 saturated carbocycles. The zero-order chi connectivity index (χ0) is 10.9. The Morgan fingerprint density at radius 2 is 1.50 bits per heavy atom. The van der Waals surface area contributed by atoms with Crippen molar-refractivity contribution >= 4 is 9.84 Å². The highest BCUT2D eigenvalue weighted by atomic mass is 32.2. The molecule has 0 amide bonds. The molecule has 0 aliphatic carbocycles. The molecule has 2 nitrogen and oxygen atoms in total. The van der Waals surface area contributed by atoms with Crippen LogP contribution in [0, 0.1) is 20.8 Å². The summed E-state index contributed by atoms with van der Waals surface area (Å²) in [5.74, 6) is 0.164. The Balaban J connectivity index is 3.51. The van der Waals surface area contributed by atoms with Gasteiger partial charge in [0.1, 0.15) is 0 Å². The summed E-state index contributed by atoms with van der Waals surface area (Å²) in [5, 5.41) is 0. The van der Waals surface area contributed by atoms with Gasteiger partial charge in [0.15, 0.2) is 9.84 Å². The zero-order valence-electron chi connectivity index (χ0n) is 9.09. The van der Waals surface area contributed by atoms with E-state index in [-0.39, 0.29) is 5.75 Å². The van der Waals surface area contributed by atoms with Crippen LogP contribution < -0.4 is 0 Å². The first-order valence-corrected chi connectivity index (χ1v) is 6.34. The summed E-state index contributed by atoms with van der Waals surface area (Å²) in [6.07, 6.45) is 0. The molecule has 0 N–H and O–H groups in total. The fourth-order valence-corrected chi connectivity index (χ4v) is 3.19. The second-order valence-corrected chi connectivity index (χ2v) is 5.85. The van der Waals surface area contributed by atoms with E-state index < -0.39 is 9.84 Å². The maximum absolute atomic E-state index is 11.8. The van der Waals surface area contributed by atoms with E-state index in [4.69, 9.17) is 0 Å². The molecule has 78 valence electrons. The van der Waals surface area contributed by atoms with Crippen LogP contribution in [-0.2, 0) is 9.84 Å². The molecule has 0 atom stereocenters. The van der Waals surface area contributed by atoms with Gasteiger partial charge in [-0.2, -0.15) is 0 Å². The highest BCUT2D eigenvalue weighted by Crippen LogP contribution is 2.22. The minimum absolute atomic E-state index is 0.164. The van der Waals surface area contributed by atoms with Crippen LogP contribution >= 0.6 is 0 Å². The molecule has 0 unspecified atom stereocenters. The summed E-state index contributed by atoms with van der Waals surface area (Å²) >= 11 is 0. The molecule has 0 saturated heterocycles. The molecule has 0 aliphatic heterocycles. The Hall–Kier alpha value is -0.830. The van der Waals surface area contributed by atoms with Crippen molar-refractivity contribution in [1.29, 1.82) is 0 Å². The maximum atomic E-state index is 11.8. The molecule has 0 bridgehead atoms. The van der Waals surface area contributed by atoms with Gasteiger partial charge in [0.25, 0.3) is 0 Å². The molecule has 0 spiro atoms. The molecular weight excluding hydrogens is 196 g/mol. The number of benzene rings is 1. The lowest BCUT2D eigenvalue weighted by molar-refractivity contribution is 0.596. The highest BCUT2D eigenvalue weighted by Gasteiger charge is 2.17. The van der Waals surface area contributed by atoms with Crippen molar-refractivity contribution in [2.45, 2.75) is 32.6 Å². The van der Waals surface area contributed by atoms with Gasteiger partial charge < -0.3 is 0 Å². The van der Waals surface area contributed by atoms with Gasteiger partial charge >= 0.3 is 0 Å². The average Bonchev–Trinajstić information content (AvgIpc) is 2.01. The second-order valence-electron chi connectivity index (χ2n) is 3.63. The van der Waals surface area contributed by atoms with Crippen molar-refractivity contribution in [2.75, 3.05) is 5.75 Å². The smallest absolute Gasteiger partial charge is 0.178 e. The fourth-order valence-electron chi connectivity index (χ4n) is 1.80. The van der Waals surface area contributed by atoms with Crippen LogP contribution in [0.25, 0.3) is 0 Å². The summed E-state index contributed by atoms with van der Waals surface area (Å²) < 4.78 is 23.5.